The van der Waals surface area contributed by atoms with Crippen molar-refractivity contribution in [1.82, 2.24) is 4.98 Å². The molecule has 0 spiro atoms. The molecule has 0 bridgehead atoms. The zero-order chi connectivity index (χ0) is 19.4. The highest BCUT2D eigenvalue weighted by molar-refractivity contribution is 7.91. The minimum atomic E-state index is -3.56. The number of benzene rings is 3. The number of sulfonamides is 1. The third-order valence-electron chi connectivity index (χ3n) is 4.16. The molecule has 1 heterocycles. The Morgan fingerprint density at radius 1 is 0.893 bits per heavy atom. The van der Waals surface area contributed by atoms with E-state index in [1.165, 1.54) is 0 Å². The molecule has 0 saturated carbocycles. The Morgan fingerprint density at radius 3 is 2.57 bits per heavy atom. The first-order chi connectivity index (χ1) is 13.6. The first-order valence-electron chi connectivity index (χ1n) is 8.74. The maximum absolute atomic E-state index is 12.4. The number of hydrogen-bond acceptors (Lipinski definition) is 4. The Balaban J connectivity index is 1.54. The third kappa shape index (κ3) is 4.29. The van der Waals surface area contributed by atoms with E-state index in [2.05, 4.69) is 9.71 Å². The number of nitrogens with one attached hydrogen (secondary N) is 1. The van der Waals surface area contributed by atoms with E-state index in [1.54, 1.807) is 48.8 Å². The number of fused-ring (bicyclic) bond motifs is 1. The molecule has 140 valence electrons. The number of aromatic nitrogens is 1. The second kappa shape index (κ2) is 7.70. The highest BCUT2D eigenvalue weighted by atomic mass is 32.2. The molecule has 0 aliphatic carbocycles. The van der Waals surface area contributed by atoms with Gasteiger partial charge in [-0.05, 0) is 35.2 Å². The molecule has 1 aromatic heterocycles. The van der Waals surface area contributed by atoms with E-state index >= 15 is 0 Å². The van der Waals surface area contributed by atoms with Gasteiger partial charge in [0, 0.05) is 23.8 Å². The first kappa shape index (κ1) is 18.0. The standard InChI is InChI=1S/C22H18N2O3S/c25-28(26,16-17-6-5-13-23-15-17)24-19-9-4-10-20(14-19)27-22-12-3-8-18-7-1-2-11-21(18)22/h1-15,24H,16H2. The van der Waals surface area contributed by atoms with Crippen LogP contribution in [0.1, 0.15) is 5.56 Å². The average molecular weight is 390 g/mol. The molecule has 1 N–H and O–H groups in total. The smallest absolute Gasteiger partial charge is 0.236 e. The van der Waals surface area contributed by atoms with E-state index in [1.807, 2.05) is 42.5 Å². The summed E-state index contributed by atoms with van der Waals surface area (Å²) in [4.78, 5) is 3.95. The molecular weight excluding hydrogens is 372 g/mol. The molecule has 0 radical (unpaired) electrons. The van der Waals surface area contributed by atoms with Crippen molar-refractivity contribution in [1.29, 1.82) is 0 Å². The zero-order valence-electron chi connectivity index (χ0n) is 14.9. The lowest BCUT2D eigenvalue weighted by atomic mass is 10.1. The largest absolute Gasteiger partial charge is 0.457 e. The Kier molecular flexibility index (Phi) is 4.95. The number of ether oxygens (including phenoxy) is 1. The number of nitrogens with zero attached hydrogens (tertiary/aromatic N) is 1. The normalized spacial score (nSPS) is 11.3. The minimum Gasteiger partial charge on any atom is -0.457 e. The van der Waals surface area contributed by atoms with Gasteiger partial charge in [-0.3, -0.25) is 9.71 Å². The lowest BCUT2D eigenvalue weighted by molar-refractivity contribution is 0.488. The van der Waals surface area contributed by atoms with Crippen LogP contribution in [0.5, 0.6) is 11.5 Å². The molecule has 0 amide bonds. The lowest BCUT2D eigenvalue weighted by Gasteiger charge is -2.12. The van der Waals surface area contributed by atoms with Gasteiger partial charge in [-0.15, -0.1) is 0 Å². The monoisotopic (exact) mass is 390 g/mol. The van der Waals surface area contributed by atoms with Crippen LogP contribution in [0.3, 0.4) is 0 Å². The quantitative estimate of drug-likeness (QED) is 0.505. The Labute approximate surface area is 163 Å². The molecule has 3 aromatic carbocycles. The van der Waals surface area contributed by atoms with E-state index in [0.717, 1.165) is 10.8 Å². The van der Waals surface area contributed by atoms with E-state index in [-0.39, 0.29) is 5.75 Å². The topological polar surface area (TPSA) is 68.3 Å². The Bertz CT molecular complexity index is 1200. The predicted molar refractivity (Wildman–Crippen MR) is 111 cm³/mol. The second-order valence-electron chi connectivity index (χ2n) is 6.33. The average Bonchev–Trinajstić information content (AvgIpc) is 2.68. The highest BCUT2D eigenvalue weighted by Gasteiger charge is 2.12. The summed E-state index contributed by atoms with van der Waals surface area (Å²) in [6.45, 7) is 0. The van der Waals surface area contributed by atoms with Crippen molar-refractivity contribution in [2.45, 2.75) is 5.75 Å². The maximum Gasteiger partial charge on any atom is 0.236 e. The minimum absolute atomic E-state index is 0.144. The molecular formula is C22H18N2O3S. The fourth-order valence-corrected chi connectivity index (χ4v) is 4.12. The van der Waals surface area contributed by atoms with Crippen molar-refractivity contribution in [3.8, 4) is 11.5 Å². The van der Waals surface area contributed by atoms with Gasteiger partial charge >= 0.3 is 0 Å². The van der Waals surface area contributed by atoms with Gasteiger partial charge in [0.2, 0.25) is 10.0 Å². The molecule has 0 fully saturated rings. The van der Waals surface area contributed by atoms with Gasteiger partial charge in [0.25, 0.3) is 0 Å². The summed E-state index contributed by atoms with van der Waals surface area (Å²) in [5, 5.41) is 2.07. The summed E-state index contributed by atoms with van der Waals surface area (Å²) in [5.41, 5.74) is 1.07. The molecule has 4 rings (SSSR count). The SMILES string of the molecule is O=S(=O)(Cc1cccnc1)Nc1cccc(Oc2cccc3ccccc23)c1. The van der Waals surface area contributed by atoms with E-state index < -0.39 is 10.0 Å². The van der Waals surface area contributed by atoms with Crippen LogP contribution >= 0.6 is 0 Å². The number of hydrogen-bond donors (Lipinski definition) is 1. The summed E-state index contributed by atoms with van der Waals surface area (Å²) in [7, 11) is -3.56. The van der Waals surface area contributed by atoms with Crippen LogP contribution in [0, 0.1) is 0 Å². The van der Waals surface area contributed by atoms with Gasteiger partial charge in [0.05, 0.1) is 11.4 Å². The van der Waals surface area contributed by atoms with Crippen LogP contribution in [0.15, 0.2) is 91.3 Å². The van der Waals surface area contributed by atoms with Crippen molar-refractivity contribution < 1.29 is 13.2 Å². The first-order valence-corrected chi connectivity index (χ1v) is 10.4. The van der Waals surface area contributed by atoms with Crippen molar-refractivity contribution >= 4 is 26.5 Å². The molecule has 5 nitrogen and oxygen atoms in total. The fourth-order valence-electron chi connectivity index (χ4n) is 2.95. The van der Waals surface area contributed by atoms with Gasteiger partial charge in [-0.2, -0.15) is 0 Å². The summed E-state index contributed by atoms with van der Waals surface area (Å²) in [6.07, 6.45) is 3.15. The van der Waals surface area contributed by atoms with Crippen molar-refractivity contribution in [2.24, 2.45) is 0 Å². The third-order valence-corrected chi connectivity index (χ3v) is 5.42. The van der Waals surface area contributed by atoms with Crippen LogP contribution in [0.2, 0.25) is 0 Å². The van der Waals surface area contributed by atoms with Crippen molar-refractivity contribution in [3.05, 3.63) is 96.8 Å². The van der Waals surface area contributed by atoms with E-state index in [9.17, 15) is 8.42 Å². The summed E-state index contributed by atoms with van der Waals surface area (Å²) in [5.74, 6) is 1.13. The van der Waals surface area contributed by atoms with Crippen LogP contribution in [-0.2, 0) is 15.8 Å². The van der Waals surface area contributed by atoms with Gasteiger partial charge in [0.1, 0.15) is 11.5 Å². The highest BCUT2D eigenvalue weighted by Crippen LogP contribution is 2.31. The van der Waals surface area contributed by atoms with Gasteiger partial charge in [-0.1, -0.05) is 48.5 Å². The fraction of sp³-hybridized carbons (Fsp3) is 0.0455. The summed E-state index contributed by atoms with van der Waals surface area (Å²) >= 11 is 0. The summed E-state index contributed by atoms with van der Waals surface area (Å²) < 4.78 is 33.5. The molecule has 6 heteroatoms. The van der Waals surface area contributed by atoms with E-state index in [0.29, 0.717) is 22.7 Å². The Hall–Kier alpha value is -3.38. The maximum atomic E-state index is 12.4. The van der Waals surface area contributed by atoms with Gasteiger partial charge < -0.3 is 4.74 Å². The zero-order valence-corrected chi connectivity index (χ0v) is 15.8. The molecule has 28 heavy (non-hydrogen) atoms. The van der Waals surface area contributed by atoms with Crippen LogP contribution in [0.25, 0.3) is 10.8 Å². The molecule has 0 aliphatic rings. The second-order valence-corrected chi connectivity index (χ2v) is 8.05. The van der Waals surface area contributed by atoms with Gasteiger partial charge in [-0.25, -0.2) is 8.42 Å². The van der Waals surface area contributed by atoms with Crippen LogP contribution < -0.4 is 9.46 Å². The summed E-state index contributed by atoms with van der Waals surface area (Å²) in [6, 6.07) is 24.1. The van der Waals surface area contributed by atoms with Crippen LogP contribution in [0.4, 0.5) is 5.69 Å². The van der Waals surface area contributed by atoms with Crippen molar-refractivity contribution in [2.75, 3.05) is 4.72 Å². The molecule has 0 saturated heterocycles. The lowest BCUT2D eigenvalue weighted by Crippen LogP contribution is -2.15. The predicted octanol–water partition coefficient (Wildman–Crippen LogP) is 4.97. The van der Waals surface area contributed by atoms with Crippen LogP contribution in [-0.4, -0.2) is 13.4 Å². The Morgan fingerprint density at radius 2 is 1.71 bits per heavy atom. The number of anilines is 1. The van der Waals surface area contributed by atoms with Crippen molar-refractivity contribution in [3.63, 3.8) is 0 Å². The molecule has 0 unspecified atom stereocenters. The molecule has 0 atom stereocenters. The molecule has 4 aromatic rings. The number of rotatable bonds is 6. The van der Waals surface area contributed by atoms with E-state index in [4.69, 9.17) is 4.74 Å². The number of pyridine rings is 1. The van der Waals surface area contributed by atoms with Gasteiger partial charge in [0.15, 0.2) is 0 Å². The molecule has 0 aliphatic heterocycles.